The molecule has 1 amide bonds. The monoisotopic (exact) mass is 367 g/mol. The lowest BCUT2D eigenvalue weighted by Gasteiger charge is -2.38. The molecule has 0 spiro atoms. The Bertz CT molecular complexity index is 531. The van der Waals surface area contributed by atoms with Crippen molar-refractivity contribution in [1.82, 2.24) is 10.2 Å². The lowest BCUT2D eigenvalue weighted by atomic mass is 9.92. The minimum atomic E-state index is -0.0101. The third kappa shape index (κ3) is 6.17. The van der Waals surface area contributed by atoms with Crippen LogP contribution in [0.25, 0.3) is 0 Å². The number of para-hydroxylation sites is 1. The Morgan fingerprint density at radius 2 is 1.92 bits per heavy atom. The number of nitrogens with zero attached hydrogens (tertiary/aromatic N) is 1. The van der Waals surface area contributed by atoms with Crippen LogP contribution in [-0.2, 0) is 9.53 Å². The lowest BCUT2D eigenvalue weighted by Crippen LogP contribution is -2.52. The van der Waals surface area contributed by atoms with E-state index in [9.17, 15) is 4.79 Å². The van der Waals surface area contributed by atoms with E-state index >= 15 is 0 Å². The molecular weight excluding hydrogens is 338 g/mol. The van der Waals surface area contributed by atoms with Crippen LogP contribution in [0.5, 0.6) is 0 Å². The zero-order chi connectivity index (χ0) is 18.1. The second-order valence-corrected chi connectivity index (χ2v) is 6.84. The number of amides is 1. The van der Waals surface area contributed by atoms with Gasteiger partial charge < -0.3 is 15.4 Å². The van der Waals surface area contributed by atoms with Gasteiger partial charge in [-0.2, -0.15) is 0 Å². The van der Waals surface area contributed by atoms with Crippen LogP contribution >= 0.6 is 11.6 Å². The van der Waals surface area contributed by atoms with E-state index < -0.39 is 0 Å². The van der Waals surface area contributed by atoms with Crippen LogP contribution in [0.3, 0.4) is 0 Å². The molecule has 6 heteroatoms. The van der Waals surface area contributed by atoms with E-state index in [1.807, 2.05) is 24.3 Å². The maximum Gasteiger partial charge on any atom is 0.239 e. The smallest absolute Gasteiger partial charge is 0.239 e. The highest BCUT2D eigenvalue weighted by Gasteiger charge is 2.27. The number of carbonyl (C=O) groups excluding carboxylic acids is 1. The third-order valence-corrected chi connectivity index (χ3v) is 5.26. The number of rotatable bonds is 9. The molecule has 0 radical (unpaired) electrons. The molecule has 5 nitrogen and oxygen atoms in total. The quantitative estimate of drug-likeness (QED) is 0.704. The van der Waals surface area contributed by atoms with Crippen molar-refractivity contribution in [2.24, 2.45) is 5.92 Å². The van der Waals surface area contributed by atoms with Crippen molar-refractivity contribution in [3.63, 3.8) is 0 Å². The minimum Gasteiger partial charge on any atom is -0.379 e. The van der Waals surface area contributed by atoms with E-state index in [-0.39, 0.29) is 12.5 Å². The largest absolute Gasteiger partial charge is 0.379 e. The van der Waals surface area contributed by atoms with Gasteiger partial charge in [-0.15, -0.1) is 0 Å². The van der Waals surface area contributed by atoms with Gasteiger partial charge in [-0.3, -0.25) is 9.69 Å². The summed E-state index contributed by atoms with van der Waals surface area (Å²) in [5, 5.41) is 6.81. The Kier molecular flexibility index (Phi) is 8.52. The summed E-state index contributed by atoms with van der Waals surface area (Å²) in [5.41, 5.74) is 0.782. The van der Waals surface area contributed by atoms with Crippen LogP contribution < -0.4 is 10.6 Å². The predicted octanol–water partition coefficient (Wildman–Crippen LogP) is 3.01. The maximum atomic E-state index is 12.3. The topological polar surface area (TPSA) is 53.6 Å². The molecule has 0 bridgehead atoms. The van der Waals surface area contributed by atoms with Crippen LogP contribution in [0.15, 0.2) is 24.3 Å². The third-order valence-electron chi connectivity index (χ3n) is 4.93. The molecule has 0 aliphatic carbocycles. The van der Waals surface area contributed by atoms with E-state index in [2.05, 4.69) is 29.4 Å². The molecule has 1 aromatic carbocycles. The molecule has 1 saturated heterocycles. The second kappa shape index (κ2) is 10.6. The van der Waals surface area contributed by atoms with Gasteiger partial charge in [0.15, 0.2) is 0 Å². The molecule has 0 aromatic heterocycles. The SMILES string of the molecule is CCC(CC)C(CNC(=O)CNc1ccccc1Cl)N1CCOCC1. The van der Waals surface area contributed by atoms with Gasteiger partial charge in [0.2, 0.25) is 5.91 Å². The van der Waals surface area contributed by atoms with E-state index in [4.69, 9.17) is 16.3 Å². The van der Waals surface area contributed by atoms with Crippen molar-refractivity contribution in [1.29, 1.82) is 0 Å². The summed E-state index contributed by atoms with van der Waals surface area (Å²) in [6.45, 7) is 8.78. The molecule has 1 aromatic rings. The number of hydrogen-bond acceptors (Lipinski definition) is 4. The zero-order valence-electron chi connectivity index (χ0n) is 15.3. The summed E-state index contributed by atoms with van der Waals surface area (Å²) in [4.78, 5) is 14.7. The maximum absolute atomic E-state index is 12.3. The van der Waals surface area contributed by atoms with Crippen molar-refractivity contribution in [2.75, 3.05) is 44.7 Å². The fraction of sp³-hybridized carbons (Fsp3) is 0.632. The Morgan fingerprint density at radius 3 is 2.56 bits per heavy atom. The van der Waals surface area contributed by atoms with E-state index in [1.165, 1.54) is 0 Å². The van der Waals surface area contributed by atoms with Crippen LogP contribution in [0.4, 0.5) is 5.69 Å². The summed E-state index contributed by atoms with van der Waals surface area (Å²) in [5.74, 6) is 0.569. The highest BCUT2D eigenvalue weighted by Crippen LogP contribution is 2.21. The molecular formula is C19H30ClN3O2. The molecule has 1 unspecified atom stereocenters. The Labute approximate surface area is 156 Å². The van der Waals surface area contributed by atoms with Crippen LogP contribution in [0, 0.1) is 5.92 Å². The van der Waals surface area contributed by atoms with Gasteiger partial charge in [0, 0.05) is 25.7 Å². The molecule has 0 saturated carbocycles. The molecule has 2 N–H and O–H groups in total. The van der Waals surface area contributed by atoms with Gasteiger partial charge in [-0.05, 0) is 18.1 Å². The fourth-order valence-corrected chi connectivity index (χ4v) is 3.60. The average Bonchev–Trinajstić information content (AvgIpc) is 2.65. The number of carbonyl (C=O) groups is 1. The molecule has 1 atom stereocenters. The minimum absolute atomic E-state index is 0.0101. The first-order chi connectivity index (χ1) is 12.2. The highest BCUT2D eigenvalue weighted by molar-refractivity contribution is 6.33. The van der Waals surface area contributed by atoms with Gasteiger partial charge in [0.05, 0.1) is 30.5 Å². The number of hydrogen-bond donors (Lipinski definition) is 2. The van der Waals surface area contributed by atoms with Gasteiger partial charge >= 0.3 is 0 Å². The predicted molar refractivity (Wildman–Crippen MR) is 103 cm³/mol. The van der Waals surface area contributed by atoms with Crippen LogP contribution in [-0.4, -0.2) is 56.2 Å². The van der Waals surface area contributed by atoms with Crippen molar-refractivity contribution < 1.29 is 9.53 Å². The first-order valence-electron chi connectivity index (χ1n) is 9.22. The van der Waals surface area contributed by atoms with E-state index in [0.29, 0.717) is 23.5 Å². The first kappa shape index (κ1) is 20.0. The summed E-state index contributed by atoms with van der Waals surface area (Å²) in [6.07, 6.45) is 2.23. The van der Waals surface area contributed by atoms with E-state index in [0.717, 1.165) is 44.8 Å². The molecule has 25 heavy (non-hydrogen) atoms. The Balaban J connectivity index is 1.85. The number of morpholine rings is 1. The second-order valence-electron chi connectivity index (χ2n) is 6.43. The molecule has 1 aliphatic rings. The Morgan fingerprint density at radius 1 is 1.24 bits per heavy atom. The van der Waals surface area contributed by atoms with Gasteiger partial charge in [-0.1, -0.05) is 50.4 Å². The number of anilines is 1. The van der Waals surface area contributed by atoms with Gasteiger partial charge in [-0.25, -0.2) is 0 Å². The fourth-order valence-electron chi connectivity index (χ4n) is 3.40. The molecule has 1 aliphatic heterocycles. The standard InChI is InChI=1S/C19H30ClN3O2/c1-3-15(4-2)18(23-9-11-25-12-10-23)13-22-19(24)14-21-17-8-6-5-7-16(17)20/h5-8,15,18,21H,3-4,9-14H2,1-2H3,(H,22,24). The van der Waals surface area contributed by atoms with Crippen molar-refractivity contribution in [2.45, 2.75) is 32.7 Å². The molecule has 2 rings (SSSR count). The van der Waals surface area contributed by atoms with Crippen molar-refractivity contribution in [3.8, 4) is 0 Å². The summed E-state index contributed by atoms with van der Waals surface area (Å²) in [7, 11) is 0. The average molecular weight is 368 g/mol. The summed E-state index contributed by atoms with van der Waals surface area (Å²) in [6, 6.07) is 7.81. The highest BCUT2D eigenvalue weighted by atomic mass is 35.5. The van der Waals surface area contributed by atoms with E-state index in [1.54, 1.807) is 0 Å². The van der Waals surface area contributed by atoms with Crippen molar-refractivity contribution >= 4 is 23.2 Å². The number of benzene rings is 1. The summed E-state index contributed by atoms with van der Waals surface area (Å²) >= 11 is 6.10. The van der Waals surface area contributed by atoms with Crippen LogP contribution in [0.2, 0.25) is 5.02 Å². The molecule has 140 valence electrons. The van der Waals surface area contributed by atoms with Gasteiger partial charge in [0.25, 0.3) is 0 Å². The lowest BCUT2D eigenvalue weighted by molar-refractivity contribution is -0.119. The number of nitrogens with one attached hydrogen (secondary N) is 2. The first-order valence-corrected chi connectivity index (χ1v) is 9.60. The van der Waals surface area contributed by atoms with Gasteiger partial charge in [0.1, 0.15) is 0 Å². The number of ether oxygens (including phenoxy) is 1. The normalized spacial score (nSPS) is 16.6. The zero-order valence-corrected chi connectivity index (χ0v) is 16.0. The summed E-state index contributed by atoms with van der Waals surface area (Å²) < 4.78 is 5.47. The van der Waals surface area contributed by atoms with Crippen molar-refractivity contribution in [3.05, 3.63) is 29.3 Å². The molecule has 1 heterocycles. The van der Waals surface area contributed by atoms with Crippen LogP contribution in [0.1, 0.15) is 26.7 Å². The number of halogens is 1. The molecule has 1 fully saturated rings. The Hall–Kier alpha value is -1.30.